The van der Waals surface area contributed by atoms with Crippen LogP contribution >= 0.6 is 23.1 Å². The van der Waals surface area contributed by atoms with Crippen molar-refractivity contribution >= 4 is 50.2 Å². The fourth-order valence-electron chi connectivity index (χ4n) is 3.52. The van der Waals surface area contributed by atoms with Crippen molar-refractivity contribution in [2.45, 2.75) is 25.9 Å². The van der Waals surface area contributed by atoms with E-state index in [0.29, 0.717) is 40.5 Å². The minimum absolute atomic E-state index is 0.132. The number of nitrogens with one attached hydrogen (secondary N) is 1. The van der Waals surface area contributed by atoms with Crippen molar-refractivity contribution in [1.29, 1.82) is 5.26 Å². The van der Waals surface area contributed by atoms with Crippen LogP contribution in [-0.4, -0.2) is 39.7 Å². The topological polar surface area (TPSA) is 94.8 Å². The van der Waals surface area contributed by atoms with Gasteiger partial charge < -0.3 is 10.2 Å². The number of thioether (sulfide) groups is 1. The summed E-state index contributed by atoms with van der Waals surface area (Å²) in [6, 6.07) is 17.9. The van der Waals surface area contributed by atoms with Crippen LogP contribution < -0.4 is 10.2 Å². The van der Waals surface area contributed by atoms with E-state index in [0.717, 1.165) is 21.3 Å². The first-order valence-electron chi connectivity index (χ1n) is 10.9. The van der Waals surface area contributed by atoms with Gasteiger partial charge in [-0.25, -0.2) is 15.0 Å². The number of anilines is 2. The average Bonchev–Trinajstić information content (AvgIpc) is 3.25. The zero-order valence-corrected chi connectivity index (χ0v) is 20.8. The van der Waals surface area contributed by atoms with Crippen LogP contribution in [0.25, 0.3) is 21.5 Å². The van der Waals surface area contributed by atoms with Gasteiger partial charge in [0, 0.05) is 18.7 Å². The molecular formula is C25H24N6OS2. The number of thiazole rings is 1. The molecule has 0 atom stereocenters. The highest BCUT2D eigenvalue weighted by molar-refractivity contribution is 7.99. The molecule has 0 saturated carbocycles. The van der Waals surface area contributed by atoms with Gasteiger partial charge in [-0.2, -0.15) is 5.26 Å². The second-order valence-electron chi connectivity index (χ2n) is 7.53. The van der Waals surface area contributed by atoms with Crippen LogP contribution in [0.15, 0.2) is 53.7 Å². The fourth-order valence-corrected chi connectivity index (χ4v) is 5.14. The smallest absolute Gasteiger partial charge is 0.236 e. The number of carbonyl (C=O) groups excluding carboxylic acids is 1. The number of amides is 1. The summed E-state index contributed by atoms with van der Waals surface area (Å²) < 4.78 is 1.04. The number of nitrogens with zero attached hydrogens (tertiary/aromatic N) is 5. The quantitative estimate of drug-likeness (QED) is 0.258. The number of aromatic nitrogens is 3. The monoisotopic (exact) mass is 488 g/mol. The van der Waals surface area contributed by atoms with Crippen molar-refractivity contribution in [2.75, 3.05) is 29.1 Å². The lowest BCUT2D eigenvalue weighted by Crippen LogP contribution is -2.25. The molecule has 2 aromatic heterocycles. The molecule has 0 bridgehead atoms. The van der Waals surface area contributed by atoms with Crippen LogP contribution in [0.5, 0.6) is 0 Å². The summed E-state index contributed by atoms with van der Waals surface area (Å²) in [5, 5.41) is 13.8. The zero-order chi connectivity index (χ0) is 24.1. The van der Waals surface area contributed by atoms with Gasteiger partial charge in [-0.1, -0.05) is 59.5 Å². The third kappa shape index (κ3) is 5.19. The third-order valence-electron chi connectivity index (χ3n) is 5.21. The molecule has 0 aliphatic carbocycles. The molecule has 4 aromatic rings. The van der Waals surface area contributed by atoms with E-state index in [9.17, 15) is 10.1 Å². The lowest BCUT2D eigenvalue weighted by Gasteiger charge is -2.22. The van der Waals surface area contributed by atoms with Crippen LogP contribution in [0.4, 0.5) is 10.9 Å². The molecule has 7 nitrogen and oxygen atoms in total. The molecule has 1 amide bonds. The molecule has 0 unspecified atom stereocenters. The van der Waals surface area contributed by atoms with E-state index in [1.807, 2.05) is 68.1 Å². The predicted molar refractivity (Wildman–Crippen MR) is 139 cm³/mol. The Morgan fingerprint density at radius 3 is 2.59 bits per heavy atom. The van der Waals surface area contributed by atoms with Crippen molar-refractivity contribution < 1.29 is 4.79 Å². The van der Waals surface area contributed by atoms with Gasteiger partial charge in [0.25, 0.3) is 0 Å². The molecule has 9 heteroatoms. The second kappa shape index (κ2) is 10.6. The van der Waals surface area contributed by atoms with Crippen LogP contribution in [-0.2, 0) is 4.79 Å². The van der Waals surface area contributed by atoms with Crippen molar-refractivity contribution in [1.82, 2.24) is 15.0 Å². The Kier molecular flexibility index (Phi) is 7.40. The Labute approximate surface area is 206 Å². The highest BCUT2D eigenvalue weighted by Gasteiger charge is 2.20. The summed E-state index contributed by atoms with van der Waals surface area (Å²) >= 11 is 2.70. The van der Waals surface area contributed by atoms with E-state index in [4.69, 9.17) is 0 Å². The molecule has 0 aliphatic rings. The number of hydrogen-bond acceptors (Lipinski definition) is 8. The summed E-state index contributed by atoms with van der Waals surface area (Å²) in [5.74, 6) is 0.539. The number of rotatable bonds is 8. The third-order valence-corrected chi connectivity index (χ3v) is 6.99. The molecule has 172 valence electrons. The Balaban J connectivity index is 1.58. The molecule has 4 rings (SSSR count). The number of carbonyl (C=O) groups is 1. The molecule has 0 fully saturated rings. The SMILES string of the molecule is CCN(CC)c1nc(SCC(=O)Nc2nc3ccc(C)cc3s2)nc(-c2ccccc2)c1C#N. The minimum atomic E-state index is -0.181. The van der Waals surface area contributed by atoms with E-state index >= 15 is 0 Å². The lowest BCUT2D eigenvalue weighted by molar-refractivity contribution is -0.113. The standard InChI is InChI=1S/C25H24N6OS2/c1-4-31(5-2)23-18(14-26)22(17-9-7-6-8-10-17)29-24(30-23)33-15-21(32)28-25-27-19-12-11-16(3)13-20(19)34-25/h6-13H,4-5,15H2,1-3H3,(H,27,28,32). The van der Waals surface area contributed by atoms with E-state index in [2.05, 4.69) is 32.4 Å². The van der Waals surface area contributed by atoms with E-state index < -0.39 is 0 Å². The van der Waals surface area contributed by atoms with Gasteiger partial charge >= 0.3 is 0 Å². The Morgan fingerprint density at radius 2 is 1.88 bits per heavy atom. The number of nitriles is 1. The van der Waals surface area contributed by atoms with Crippen molar-refractivity contribution in [2.24, 2.45) is 0 Å². The first-order valence-corrected chi connectivity index (χ1v) is 12.7. The molecule has 2 heterocycles. The van der Waals surface area contributed by atoms with E-state index in [1.54, 1.807) is 0 Å². The van der Waals surface area contributed by atoms with E-state index in [1.165, 1.54) is 23.1 Å². The van der Waals surface area contributed by atoms with Gasteiger partial charge in [-0.05, 0) is 38.5 Å². The lowest BCUT2D eigenvalue weighted by atomic mass is 10.1. The molecule has 0 spiro atoms. The number of hydrogen-bond donors (Lipinski definition) is 1. The van der Waals surface area contributed by atoms with Crippen LogP contribution in [0, 0.1) is 18.3 Å². The average molecular weight is 489 g/mol. The van der Waals surface area contributed by atoms with Gasteiger partial charge in [0.05, 0.1) is 21.7 Å². The highest BCUT2D eigenvalue weighted by atomic mass is 32.2. The molecule has 0 radical (unpaired) electrons. The maximum Gasteiger partial charge on any atom is 0.236 e. The second-order valence-corrected chi connectivity index (χ2v) is 9.50. The maximum atomic E-state index is 12.7. The van der Waals surface area contributed by atoms with E-state index in [-0.39, 0.29) is 11.7 Å². The summed E-state index contributed by atoms with van der Waals surface area (Å²) in [5.41, 5.74) is 3.87. The Hall–Kier alpha value is -3.48. The molecule has 0 aliphatic heterocycles. The largest absolute Gasteiger partial charge is 0.356 e. The number of fused-ring (bicyclic) bond motifs is 1. The predicted octanol–water partition coefficient (Wildman–Crippen LogP) is 5.51. The van der Waals surface area contributed by atoms with Crippen LogP contribution in [0.3, 0.4) is 0 Å². The summed E-state index contributed by atoms with van der Waals surface area (Å²) in [7, 11) is 0. The minimum Gasteiger partial charge on any atom is -0.356 e. The van der Waals surface area contributed by atoms with Crippen molar-refractivity contribution in [3.05, 3.63) is 59.7 Å². The first-order chi connectivity index (χ1) is 16.5. The summed E-state index contributed by atoms with van der Waals surface area (Å²) in [4.78, 5) is 28.5. The van der Waals surface area contributed by atoms with Gasteiger partial charge in [-0.3, -0.25) is 4.79 Å². The van der Waals surface area contributed by atoms with Crippen molar-refractivity contribution in [3.63, 3.8) is 0 Å². The highest BCUT2D eigenvalue weighted by Crippen LogP contribution is 2.31. The molecular weight excluding hydrogens is 464 g/mol. The molecule has 1 N–H and O–H groups in total. The number of benzene rings is 2. The van der Waals surface area contributed by atoms with Gasteiger partial charge in [0.2, 0.25) is 5.91 Å². The van der Waals surface area contributed by atoms with Gasteiger partial charge in [-0.15, -0.1) is 0 Å². The first kappa shape index (κ1) is 23.7. The van der Waals surface area contributed by atoms with Gasteiger partial charge in [0.15, 0.2) is 16.1 Å². The number of aryl methyl sites for hydroxylation is 1. The summed E-state index contributed by atoms with van der Waals surface area (Å²) in [6.45, 7) is 7.49. The summed E-state index contributed by atoms with van der Waals surface area (Å²) in [6.07, 6.45) is 0. The van der Waals surface area contributed by atoms with Gasteiger partial charge in [0.1, 0.15) is 11.6 Å². The normalized spacial score (nSPS) is 10.8. The Morgan fingerprint density at radius 1 is 1.12 bits per heavy atom. The Bertz CT molecular complexity index is 1360. The fraction of sp³-hybridized carbons (Fsp3) is 0.240. The van der Waals surface area contributed by atoms with Crippen molar-refractivity contribution in [3.8, 4) is 17.3 Å². The van der Waals surface area contributed by atoms with Crippen LogP contribution in [0.1, 0.15) is 25.0 Å². The van der Waals surface area contributed by atoms with Crippen LogP contribution in [0.2, 0.25) is 0 Å². The molecule has 34 heavy (non-hydrogen) atoms. The molecule has 0 saturated heterocycles. The molecule has 2 aromatic carbocycles. The zero-order valence-electron chi connectivity index (χ0n) is 19.2. The maximum absolute atomic E-state index is 12.7.